The molecule has 0 aliphatic heterocycles. The van der Waals surface area contributed by atoms with Crippen LogP contribution in [0.1, 0.15) is 71.1 Å². The Labute approximate surface area is 167 Å². The number of phenols is 1. The van der Waals surface area contributed by atoms with Crippen molar-refractivity contribution in [3.05, 3.63) is 24.3 Å². The molecule has 0 spiro atoms. The first-order valence-electron chi connectivity index (χ1n) is 10.1. The van der Waals surface area contributed by atoms with Gasteiger partial charge in [0.2, 0.25) is 5.91 Å². The molecule has 0 bridgehead atoms. The van der Waals surface area contributed by atoms with E-state index in [0.717, 1.165) is 17.7 Å². The number of carbonyl (C=O) groups is 2. The van der Waals surface area contributed by atoms with Crippen molar-refractivity contribution in [2.75, 3.05) is 12.3 Å². The van der Waals surface area contributed by atoms with E-state index in [9.17, 15) is 14.7 Å². The Hall–Kier alpha value is -1.69. The summed E-state index contributed by atoms with van der Waals surface area (Å²) < 4.78 is 0. The number of carbonyl (C=O) groups excluding carboxylic acids is 2. The van der Waals surface area contributed by atoms with Gasteiger partial charge in [0, 0.05) is 23.6 Å². The van der Waals surface area contributed by atoms with Crippen LogP contribution in [0.2, 0.25) is 0 Å². The lowest BCUT2D eigenvalue weighted by atomic mass is 10.1. The Morgan fingerprint density at radius 1 is 0.926 bits per heavy atom. The van der Waals surface area contributed by atoms with Crippen molar-refractivity contribution in [2.45, 2.75) is 76.0 Å². The van der Waals surface area contributed by atoms with Gasteiger partial charge in [-0.3, -0.25) is 10.1 Å². The zero-order valence-electron chi connectivity index (χ0n) is 16.5. The average Bonchev–Trinajstić information content (AvgIpc) is 2.65. The zero-order chi connectivity index (χ0) is 19.7. The topological polar surface area (TPSA) is 78.4 Å². The summed E-state index contributed by atoms with van der Waals surface area (Å²) in [6.07, 6.45) is 11.3. The van der Waals surface area contributed by atoms with Gasteiger partial charge >= 0.3 is 6.03 Å². The van der Waals surface area contributed by atoms with Crippen molar-refractivity contribution < 1.29 is 14.7 Å². The minimum absolute atomic E-state index is 0.207. The van der Waals surface area contributed by atoms with Gasteiger partial charge in [-0.2, -0.15) is 0 Å². The molecule has 0 atom stereocenters. The average molecular weight is 395 g/mol. The second-order valence-corrected chi connectivity index (χ2v) is 7.89. The Balaban J connectivity index is 1.95. The van der Waals surface area contributed by atoms with Crippen LogP contribution < -0.4 is 10.6 Å². The molecule has 0 radical (unpaired) electrons. The molecule has 5 nitrogen and oxygen atoms in total. The maximum Gasteiger partial charge on any atom is 0.321 e. The third-order valence-electron chi connectivity index (χ3n) is 4.25. The molecule has 0 fully saturated rings. The Bertz CT molecular complexity index is 535. The standard InChI is InChI=1S/C21H34N2O3S/c1-2-3-4-5-6-7-8-9-10-11-20(25)23-21(26)22-16-17-27-19-14-12-18(24)13-15-19/h12-15,24H,2-11,16-17H2,1H3,(H2,22,23,25,26). The monoisotopic (exact) mass is 394 g/mol. The molecular weight excluding hydrogens is 360 g/mol. The first-order valence-corrected chi connectivity index (χ1v) is 11.1. The van der Waals surface area contributed by atoms with Gasteiger partial charge in [0.05, 0.1) is 0 Å². The summed E-state index contributed by atoms with van der Waals surface area (Å²) in [6.45, 7) is 2.70. The van der Waals surface area contributed by atoms with E-state index in [1.807, 2.05) is 12.1 Å². The summed E-state index contributed by atoms with van der Waals surface area (Å²) in [7, 11) is 0. The molecule has 0 aliphatic carbocycles. The molecule has 1 rings (SSSR count). The van der Waals surface area contributed by atoms with Crippen molar-refractivity contribution >= 4 is 23.7 Å². The van der Waals surface area contributed by atoms with Gasteiger partial charge in [-0.15, -0.1) is 11.8 Å². The molecule has 1 aromatic rings. The molecule has 0 aromatic heterocycles. The quantitative estimate of drug-likeness (QED) is 0.298. The van der Waals surface area contributed by atoms with Gasteiger partial charge < -0.3 is 10.4 Å². The third kappa shape index (κ3) is 13.2. The van der Waals surface area contributed by atoms with Crippen LogP contribution in [-0.4, -0.2) is 29.3 Å². The molecule has 27 heavy (non-hydrogen) atoms. The molecule has 3 N–H and O–H groups in total. The number of urea groups is 1. The fraction of sp³-hybridized carbons (Fsp3) is 0.619. The van der Waals surface area contributed by atoms with Crippen molar-refractivity contribution in [3.8, 4) is 5.75 Å². The Morgan fingerprint density at radius 2 is 1.52 bits per heavy atom. The normalized spacial score (nSPS) is 10.6. The number of thioether (sulfide) groups is 1. The minimum Gasteiger partial charge on any atom is -0.508 e. The number of imide groups is 1. The first-order chi connectivity index (χ1) is 13.1. The third-order valence-corrected chi connectivity index (χ3v) is 5.27. The number of hydrogen-bond acceptors (Lipinski definition) is 4. The fourth-order valence-corrected chi connectivity index (χ4v) is 3.47. The van der Waals surface area contributed by atoms with Crippen molar-refractivity contribution in [1.29, 1.82) is 0 Å². The van der Waals surface area contributed by atoms with Gasteiger partial charge in [0.1, 0.15) is 5.75 Å². The molecule has 3 amide bonds. The summed E-state index contributed by atoms with van der Waals surface area (Å²) in [6, 6.07) is 6.49. The minimum atomic E-state index is -0.428. The van der Waals surface area contributed by atoms with E-state index in [1.54, 1.807) is 23.9 Å². The summed E-state index contributed by atoms with van der Waals surface area (Å²) in [5.74, 6) is 0.731. The van der Waals surface area contributed by atoms with Crippen molar-refractivity contribution in [2.24, 2.45) is 0 Å². The molecule has 0 saturated carbocycles. The number of nitrogens with one attached hydrogen (secondary N) is 2. The van der Waals surface area contributed by atoms with E-state index >= 15 is 0 Å². The SMILES string of the molecule is CCCCCCCCCCCC(=O)NC(=O)NCCSc1ccc(O)cc1. The smallest absolute Gasteiger partial charge is 0.321 e. The number of aromatic hydroxyl groups is 1. The summed E-state index contributed by atoms with van der Waals surface area (Å²) in [5, 5.41) is 14.3. The van der Waals surface area contributed by atoms with E-state index in [1.165, 1.54) is 44.9 Å². The number of rotatable bonds is 14. The van der Waals surface area contributed by atoms with Crippen LogP contribution in [0.15, 0.2) is 29.2 Å². The molecule has 0 heterocycles. The lowest BCUT2D eigenvalue weighted by Gasteiger charge is -2.07. The van der Waals surface area contributed by atoms with E-state index in [2.05, 4.69) is 17.6 Å². The van der Waals surface area contributed by atoms with E-state index < -0.39 is 6.03 Å². The predicted octanol–water partition coefficient (Wildman–Crippen LogP) is 5.23. The number of unbranched alkanes of at least 4 members (excludes halogenated alkanes) is 8. The lowest BCUT2D eigenvalue weighted by Crippen LogP contribution is -2.40. The molecule has 1 aromatic carbocycles. The van der Waals surface area contributed by atoms with Gasteiger partial charge in [-0.1, -0.05) is 58.3 Å². The van der Waals surface area contributed by atoms with Gasteiger partial charge in [-0.05, 0) is 30.7 Å². The molecule has 152 valence electrons. The van der Waals surface area contributed by atoms with Crippen LogP contribution in [-0.2, 0) is 4.79 Å². The summed E-state index contributed by atoms with van der Waals surface area (Å²) in [4.78, 5) is 24.5. The van der Waals surface area contributed by atoms with Gasteiger partial charge in [0.15, 0.2) is 0 Å². The Morgan fingerprint density at radius 3 is 2.15 bits per heavy atom. The highest BCUT2D eigenvalue weighted by Gasteiger charge is 2.06. The second-order valence-electron chi connectivity index (χ2n) is 6.72. The first kappa shape index (κ1) is 23.3. The highest BCUT2D eigenvalue weighted by Crippen LogP contribution is 2.19. The van der Waals surface area contributed by atoms with Crippen molar-refractivity contribution in [1.82, 2.24) is 10.6 Å². The van der Waals surface area contributed by atoms with Gasteiger partial charge in [0.25, 0.3) is 0 Å². The number of benzene rings is 1. The van der Waals surface area contributed by atoms with Crippen LogP contribution in [0.4, 0.5) is 4.79 Å². The van der Waals surface area contributed by atoms with E-state index in [0.29, 0.717) is 18.7 Å². The maximum absolute atomic E-state index is 11.7. The highest BCUT2D eigenvalue weighted by atomic mass is 32.2. The van der Waals surface area contributed by atoms with E-state index in [4.69, 9.17) is 0 Å². The largest absolute Gasteiger partial charge is 0.508 e. The maximum atomic E-state index is 11.7. The summed E-state index contributed by atoms with van der Waals surface area (Å²) in [5.41, 5.74) is 0. The molecule has 0 saturated heterocycles. The van der Waals surface area contributed by atoms with Crippen LogP contribution in [0.5, 0.6) is 5.75 Å². The Kier molecular flexibility index (Phi) is 13.3. The van der Waals surface area contributed by atoms with Crippen molar-refractivity contribution in [3.63, 3.8) is 0 Å². The lowest BCUT2D eigenvalue weighted by molar-refractivity contribution is -0.120. The number of phenolic OH excluding ortho intramolecular Hbond substituents is 1. The molecule has 0 unspecified atom stereocenters. The zero-order valence-corrected chi connectivity index (χ0v) is 17.3. The van der Waals surface area contributed by atoms with E-state index in [-0.39, 0.29) is 11.7 Å². The molecular formula is C21H34N2O3S. The summed E-state index contributed by atoms with van der Waals surface area (Å²) >= 11 is 1.58. The second kappa shape index (κ2) is 15.4. The molecule has 0 aliphatic rings. The van der Waals surface area contributed by atoms with Crippen LogP contribution in [0.25, 0.3) is 0 Å². The number of hydrogen-bond donors (Lipinski definition) is 3. The highest BCUT2D eigenvalue weighted by molar-refractivity contribution is 7.99. The van der Waals surface area contributed by atoms with Crippen LogP contribution >= 0.6 is 11.8 Å². The van der Waals surface area contributed by atoms with Gasteiger partial charge in [-0.25, -0.2) is 4.79 Å². The van der Waals surface area contributed by atoms with Crippen LogP contribution in [0.3, 0.4) is 0 Å². The predicted molar refractivity (Wildman–Crippen MR) is 112 cm³/mol. The fourth-order valence-electron chi connectivity index (χ4n) is 2.71. The molecule has 6 heteroatoms. The number of amides is 3. The van der Waals surface area contributed by atoms with Crippen LogP contribution in [0, 0.1) is 0 Å².